The average molecular weight is 783 g/mol. The first-order chi connectivity index (χ1) is 26.3. The van der Waals surface area contributed by atoms with E-state index in [1.165, 1.54) is 33.5 Å². The number of nitrogens with zero attached hydrogens (tertiary/aromatic N) is 3. The van der Waals surface area contributed by atoms with E-state index in [0.29, 0.717) is 5.02 Å². The minimum Gasteiger partial charge on any atom is -0.343 e. The molecule has 1 atom stereocenters. The highest BCUT2D eigenvalue weighted by atomic mass is 35.5. The second-order valence-electron chi connectivity index (χ2n) is 19.9. The fourth-order valence-electron chi connectivity index (χ4n) is 7.60. The van der Waals surface area contributed by atoms with E-state index in [1.807, 2.05) is 0 Å². The molecule has 0 aliphatic heterocycles. The van der Waals surface area contributed by atoms with E-state index in [0.717, 1.165) is 39.7 Å². The Morgan fingerprint density at radius 2 is 1.02 bits per heavy atom. The molecule has 0 spiro atoms. The third-order valence-corrected chi connectivity index (χ3v) is 12.2. The number of halogens is 1. The van der Waals surface area contributed by atoms with Gasteiger partial charge in [0.1, 0.15) is 0 Å². The summed E-state index contributed by atoms with van der Waals surface area (Å²) in [7, 11) is 2.11. The first-order valence-electron chi connectivity index (χ1n) is 20.5. The van der Waals surface area contributed by atoms with Crippen molar-refractivity contribution in [2.75, 3.05) is 21.7 Å². The van der Waals surface area contributed by atoms with Gasteiger partial charge in [0, 0.05) is 46.9 Å². The Hall–Kier alpha value is -4.47. The fourth-order valence-corrected chi connectivity index (χ4v) is 7.92. The van der Waals surface area contributed by atoms with Crippen molar-refractivity contribution in [3.63, 3.8) is 0 Å². The average Bonchev–Trinajstić information content (AvgIpc) is 3.13. The van der Waals surface area contributed by atoms with E-state index in [1.54, 1.807) is 0 Å². The highest BCUT2D eigenvalue weighted by Crippen LogP contribution is 2.48. The summed E-state index contributed by atoms with van der Waals surface area (Å²) in [6.07, 6.45) is 2.09. The maximum Gasteiger partial charge on any atom is 0.0883 e. The van der Waals surface area contributed by atoms with Crippen LogP contribution in [0.25, 0.3) is 0 Å². The zero-order valence-corrected chi connectivity index (χ0v) is 38.6. The van der Waals surface area contributed by atoms with Gasteiger partial charge in [0.25, 0.3) is 0 Å². The molecule has 57 heavy (non-hydrogen) atoms. The molecule has 3 nitrogen and oxygen atoms in total. The highest BCUT2D eigenvalue weighted by Gasteiger charge is 2.32. The Morgan fingerprint density at radius 3 is 1.49 bits per heavy atom. The zero-order valence-electron chi connectivity index (χ0n) is 37.8. The van der Waals surface area contributed by atoms with E-state index in [9.17, 15) is 0 Å². The molecule has 5 rings (SSSR count). The van der Waals surface area contributed by atoms with Crippen molar-refractivity contribution in [2.45, 2.75) is 126 Å². The van der Waals surface area contributed by atoms with E-state index in [4.69, 9.17) is 11.6 Å². The van der Waals surface area contributed by atoms with Crippen molar-refractivity contribution in [1.29, 1.82) is 0 Å². The second kappa shape index (κ2) is 16.1. The third-order valence-electron chi connectivity index (χ3n) is 11.8. The minimum absolute atomic E-state index is 0.0233. The van der Waals surface area contributed by atoms with Crippen LogP contribution >= 0.6 is 11.6 Å². The molecular formula is C53H68ClN3. The SMILES string of the molecule is C=CC(C)(C)[C@@H](C)N(c1cccc(N(c2ccc(C(C)(C)C)cc2)c2cc(C)cc(N(C)c3ccc(C(C)(C)C)cc3)c2Cl)c1)c1c(C)cc(C(C)(C)C)cc1C. The van der Waals surface area contributed by atoms with Gasteiger partial charge in [0.2, 0.25) is 0 Å². The van der Waals surface area contributed by atoms with Crippen LogP contribution in [0, 0.1) is 26.2 Å². The number of rotatable bonds is 10. The van der Waals surface area contributed by atoms with Crippen molar-refractivity contribution < 1.29 is 0 Å². The van der Waals surface area contributed by atoms with Crippen molar-refractivity contribution in [1.82, 2.24) is 0 Å². The van der Waals surface area contributed by atoms with E-state index >= 15 is 0 Å². The first-order valence-corrected chi connectivity index (χ1v) is 20.9. The number of hydrogen-bond donors (Lipinski definition) is 0. The lowest BCUT2D eigenvalue weighted by Crippen LogP contribution is -2.40. The van der Waals surface area contributed by atoms with Crippen molar-refractivity contribution in [3.8, 4) is 0 Å². The molecule has 0 aromatic heterocycles. The lowest BCUT2D eigenvalue weighted by molar-refractivity contribution is 0.390. The quantitative estimate of drug-likeness (QED) is 0.131. The Morgan fingerprint density at radius 1 is 0.561 bits per heavy atom. The van der Waals surface area contributed by atoms with E-state index in [-0.39, 0.29) is 27.7 Å². The van der Waals surface area contributed by atoms with Gasteiger partial charge in [0.05, 0.1) is 16.4 Å². The molecule has 5 aromatic carbocycles. The van der Waals surface area contributed by atoms with Crippen LogP contribution in [-0.2, 0) is 16.2 Å². The molecule has 0 N–H and O–H groups in total. The normalized spacial score (nSPS) is 13.0. The van der Waals surface area contributed by atoms with Crippen LogP contribution in [0.1, 0.15) is 116 Å². The van der Waals surface area contributed by atoms with Gasteiger partial charge in [-0.2, -0.15) is 0 Å². The lowest BCUT2D eigenvalue weighted by Gasteiger charge is -2.42. The van der Waals surface area contributed by atoms with Crippen LogP contribution in [-0.4, -0.2) is 13.1 Å². The van der Waals surface area contributed by atoms with Crippen molar-refractivity contribution in [3.05, 3.63) is 148 Å². The summed E-state index contributed by atoms with van der Waals surface area (Å²) >= 11 is 7.64. The van der Waals surface area contributed by atoms with Crippen LogP contribution in [0.15, 0.2) is 110 Å². The summed E-state index contributed by atoms with van der Waals surface area (Å²) in [6, 6.07) is 36.0. The van der Waals surface area contributed by atoms with E-state index < -0.39 is 0 Å². The minimum atomic E-state index is -0.190. The Balaban J connectivity index is 1.75. The van der Waals surface area contributed by atoms with Crippen LogP contribution < -0.4 is 14.7 Å². The van der Waals surface area contributed by atoms with Gasteiger partial charge in [-0.05, 0) is 132 Å². The van der Waals surface area contributed by atoms with Crippen LogP contribution in [0.2, 0.25) is 5.02 Å². The Labute approximate surface area is 351 Å². The van der Waals surface area contributed by atoms with Gasteiger partial charge in [-0.15, -0.1) is 6.58 Å². The predicted octanol–water partition coefficient (Wildman–Crippen LogP) is 16.1. The van der Waals surface area contributed by atoms with Crippen LogP contribution in [0.5, 0.6) is 0 Å². The molecule has 0 radical (unpaired) electrons. The van der Waals surface area contributed by atoms with Crippen molar-refractivity contribution in [2.24, 2.45) is 5.41 Å². The molecule has 5 aromatic rings. The summed E-state index contributed by atoms with van der Waals surface area (Å²) in [5, 5.41) is 0.691. The molecule has 0 saturated heterocycles. The number of aryl methyl sites for hydroxylation is 3. The smallest absolute Gasteiger partial charge is 0.0883 e. The molecule has 0 aliphatic rings. The first kappa shape index (κ1) is 43.6. The van der Waals surface area contributed by atoms with Crippen LogP contribution in [0.4, 0.5) is 39.8 Å². The predicted molar refractivity (Wildman–Crippen MR) is 253 cm³/mol. The summed E-state index contributed by atoms with van der Waals surface area (Å²) in [6.45, 7) is 38.2. The monoisotopic (exact) mass is 782 g/mol. The largest absolute Gasteiger partial charge is 0.343 e. The Bertz CT molecular complexity index is 2180. The highest BCUT2D eigenvalue weighted by molar-refractivity contribution is 6.36. The van der Waals surface area contributed by atoms with Gasteiger partial charge >= 0.3 is 0 Å². The molecule has 0 amide bonds. The maximum absolute atomic E-state index is 7.64. The van der Waals surface area contributed by atoms with Crippen LogP contribution in [0.3, 0.4) is 0 Å². The Kier molecular flexibility index (Phi) is 12.3. The molecule has 0 unspecified atom stereocenters. The summed E-state index contributed by atoms with van der Waals surface area (Å²) < 4.78 is 0. The fraction of sp³-hybridized carbons (Fsp3) is 0.396. The lowest BCUT2D eigenvalue weighted by atomic mass is 9.82. The number of anilines is 7. The molecule has 0 saturated carbocycles. The number of benzene rings is 5. The maximum atomic E-state index is 7.64. The molecule has 0 fully saturated rings. The van der Waals surface area contributed by atoms with Gasteiger partial charge in [-0.25, -0.2) is 0 Å². The second-order valence-corrected chi connectivity index (χ2v) is 20.3. The summed E-state index contributed by atoms with van der Waals surface area (Å²) in [5.74, 6) is 0. The summed E-state index contributed by atoms with van der Waals surface area (Å²) in [4.78, 5) is 7.06. The molecule has 0 aliphatic carbocycles. The number of hydrogen-bond acceptors (Lipinski definition) is 3. The van der Waals surface area contributed by atoms with Crippen molar-refractivity contribution >= 4 is 51.4 Å². The molecule has 0 heterocycles. The summed E-state index contributed by atoms with van der Waals surface area (Å²) in [5.41, 5.74) is 14.9. The topological polar surface area (TPSA) is 9.72 Å². The van der Waals surface area contributed by atoms with Gasteiger partial charge in [0.15, 0.2) is 0 Å². The van der Waals surface area contributed by atoms with E-state index in [2.05, 4.69) is 235 Å². The van der Waals surface area contributed by atoms with Gasteiger partial charge < -0.3 is 14.7 Å². The molecule has 302 valence electrons. The van der Waals surface area contributed by atoms with Gasteiger partial charge in [-0.3, -0.25) is 0 Å². The molecule has 4 heteroatoms. The standard InChI is InChI=1S/C53H68ClN3/c1-18-53(15,16)38(5)56(49-36(3)32-41(33-37(49)4)52(12,13)14)44-20-19-21-45(34-44)57(43-28-24-40(25-29-43)51(9,10)11)47-31-35(2)30-46(48(47)54)55(17)42-26-22-39(23-27-42)50(6,7)8/h18-34,38H,1H2,2-17H3/t38-/m1/s1. The zero-order chi connectivity index (χ0) is 42.4. The molecular weight excluding hydrogens is 714 g/mol. The molecule has 0 bridgehead atoms. The van der Waals surface area contributed by atoms with Gasteiger partial charge in [-0.1, -0.05) is 136 Å². The third kappa shape index (κ3) is 9.31.